The van der Waals surface area contributed by atoms with Crippen LogP contribution in [0.4, 0.5) is 5.95 Å². The molecule has 1 saturated heterocycles. The van der Waals surface area contributed by atoms with Crippen LogP contribution in [0, 0.1) is 6.92 Å². The van der Waals surface area contributed by atoms with Crippen molar-refractivity contribution in [1.82, 2.24) is 25.5 Å². The minimum Gasteiger partial charge on any atom is -0.459 e. The van der Waals surface area contributed by atoms with Crippen molar-refractivity contribution >= 4 is 11.9 Å². The van der Waals surface area contributed by atoms with Crippen LogP contribution in [0.3, 0.4) is 0 Å². The maximum Gasteiger partial charge on any atom is 0.287 e. The van der Waals surface area contributed by atoms with Gasteiger partial charge in [0.25, 0.3) is 5.91 Å². The van der Waals surface area contributed by atoms with Crippen molar-refractivity contribution in [3.05, 3.63) is 54.0 Å². The number of benzene rings is 1. The second kappa shape index (κ2) is 6.99. The Labute approximate surface area is 150 Å². The number of piperidine rings is 1. The molecule has 0 saturated carbocycles. The van der Waals surface area contributed by atoms with Gasteiger partial charge in [0.2, 0.25) is 5.95 Å². The van der Waals surface area contributed by atoms with E-state index in [2.05, 4.69) is 25.7 Å². The van der Waals surface area contributed by atoms with Crippen LogP contribution in [-0.4, -0.2) is 45.2 Å². The monoisotopic (exact) mass is 352 g/mol. The zero-order chi connectivity index (χ0) is 17.9. The van der Waals surface area contributed by atoms with Crippen molar-refractivity contribution in [3.8, 4) is 5.69 Å². The van der Waals surface area contributed by atoms with Gasteiger partial charge in [0.1, 0.15) is 0 Å². The Kier molecular flexibility index (Phi) is 4.39. The number of nitrogens with zero attached hydrogens (tertiary/aromatic N) is 5. The summed E-state index contributed by atoms with van der Waals surface area (Å²) in [6.45, 7) is 3.41. The van der Waals surface area contributed by atoms with Crippen molar-refractivity contribution in [2.45, 2.75) is 25.8 Å². The Bertz CT molecular complexity index is 880. The molecule has 8 heteroatoms. The first kappa shape index (κ1) is 16.3. The van der Waals surface area contributed by atoms with Gasteiger partial charge < -0.3 is 14.6 Å². The number of aromatic nitrogens is 4. The number of amides is 1. The highest BCUT2D eigenvalue weighted by Gasteiger charge is 2.25. The molecule has 1 aromatic carbocycles. The second-order valence-electron chi connectivity index (χ2n) is 6.39. The van der Waals surface area contributed by atoms with E-state index in [0.29, 0.717) is 5.76 Å². The number of aryl methyl sites for hydroxylation is 1. The smallest absolute Gasteiger partial charge is 0.287 e. The number of nitrogens with one attached hydrogen (secondary N) is 1. The van der Waals surface area contributed by atoms with Crippen LogP contribution < -0.4 is 10.2 Å². The zero-order valence-electron chi connectivity index (χ0n) is 14.5. The maximum absolute atomic E-state index is 12.3. The van der Waals surface area contributed by atoms with E-state index < -0.39 is 0 Å². The van der Waals surface area contributed by atoms with E-state index in [9.17, 15) is 4.79 Å². The van der Waals surface area contributed by atoms with Crippen LogP contribution in [-0.2, 0) is 0 Å². The van der Waals surface area contributed by atoms with Gasteiger partial charge in [0, 0.05) is 24.7 Å². The summed E-state index contributed by atoms with van der Waals surface area (Å²) in [6, 6.07) is 11.7. The first-order valence-corrected chi connectivity index (χ1v) is 8.66. The van der Waals surface area contributed by atoms with Crippen LogP contribution in [0.25, 0.3) is 5.69 Å². The molecule has 1 amide bonds. The van der Waals surface area contributed by atoms with Crippen LogP contribution in [0.15, 0.2) is 47.1 Å². The number of rotatable bonds is 4. The van der Waals surface area contributed by atoms with Gasteiger partial charge in [-0.2, -0.15) is 4.68 Å². The predicted molar refractivity (Wildman–Crippen MR) is 95.3 cm³/mol. The molecule has 0 bridgehead atoms. The standard InChI is InChI=1S/C18H20N6O2/c1-13-9-12-26-16(13)17(25)19-14-7-10-23(11-8-14)18-20-21-22-24(18)15-5-3-2-4-6-15/h2-6,9,12,14H,7-8,10-11H2,1H3,(H,19,25). The average molecular weight is 352 g/mol. The zero-order valence-corrected chi connectivity index (χ0v) is 14.5. The Morgan fingerprint density at radius 1 is 1.19 bits per heavy atom. The van der Waals surface area contributed by atoms with Crippen molar-refractivity contribution in [2.75, 3.05) is 18.0 Å². The topological polar surface area (TPSA) is 89.1 Å². The Balaban J connectivity index is 1.40. The van der Waals surface area contributed by atoms with Gasteiger partial charge in [0.15, 0.2) is 5.76 Å². The molecule has 1 aliphatic heterocycles. The van der Waals surface area contributed by atoms with E-state index in [1.54, 1.807) is 10.7 Å². The molecule has 4 rings (SSSR count). The van der Waals surface area contributed by atoms with E-state index in [1.807, 2.05) is 37.3 Å². The van der Waals surface area contributed by atoms with Gasteiger partial charge in [-0.1, -0.05) is 23.3 Å². The normalized spacial score (nSPS) is 15.2. The van der Waals surface area contributed by atoms with Gasteiger partial charge in [-0.25, -0.2) is 0 Å². The average Bonchev–Trinajstić information content (AvgIpc) is 3.32. The highest BCUT2D eigenvalue weighted by atomic mass is 16.3. The van der Waals surface area contributed by atoms with E-state index >= 15 is 0 Å². The largest absolute Gasteiger partial charge is 0.459 e. The van der Waals surface area contributed by atoms with E-state index in [0.717, 1.165) is 43.1 Å². The van der Waals surface area contributed by atoms with E-state index in [-0.39, 0.29) is 11.9 Å². The van der Waals surface area contributed by atoms with E-state index in [4.69, 9.17) is 4.42 Å². The maximum atomic E-state index is 12.3. The number of hydrogen-bond donors (Lipinski definition) is 1. The molecule has 134 valence electrons. The lowest BCUT2D eigenvalue weighted by Gasteiger charge is -2.32. The summed E-state index contributed by atoms with van der Waals surface area (Å²) in [5.41, 5.74) is 1.78. The molecule has 3 aromatic rings. The quantitative estimate of drug-likeness (QED) is 0.772. The predicted octanol–water partition coefficient (Wildman–Crippen LogP) is 1.96. The first-order chi connectivity index (χ1) is 12.7. The molecule has 0 atom stereocenters. The van der Waals surface area contributed by atoms with Crippen LogP contribution in [0.5, 0.6) is 0 Å². The van der Waals surface area contributed by atoms with E-state index in [1.165, 1.54) is 6.26 Å². The number of para-hydroxylation sites is 1. The minimum absolute atomic E-state index is 0.115. The molecule has 1 aliphatic rings. The third-order valence-corrected chi connectivity index (χ3v) is 4.64. The van der Waals surface area contributed by atoms with Crippen molar-refractivity contribution in [1.29, 1.82) is 0 Å². The molecule has 3 heterocycles. The number of carbonyl (C=O) groups excluding carboxylic acids is 1. The third-order valence-electron chi connectivity index (χ3n) is 4.64. The van der Waals surface area contributed by atoms with Crippen molar-refractivity contribution < 1.29 is 9.21 Å². The molecular weight excluding hydrogens is 332 g/mol. The van der Waals surface area contributed by atoms with Crippen LogP contribution in [0.2, 0.25) is 0 Å². The highest BCUT2D eigenvalue weighted by Crippen LogP contribution is 2.20. The molecule has 1 N–H and O–H groups in total. The third kappa shape index (κ3) is 3.17. The molecule has 0 radical (unpaired) electrons. The summed E-state index contributed by atoms with van der Waals surface area (Å²) in [5, 5.41) is 15.2. The fourth-order valence-electron chi connectivity index (χ4n) is 3.20. The Morgan fingerprint density at radius 3 is 2.65 bits per heavy atom. The lowest BCUT2D eigenvalue weighted by atomic mass is 10.1. The SMILES string of the molecule is Cc1ccoc1C(=O)NC1CCN(c2nnnn2-c2ccccc2)CC1. The number of hydrogen-bond acceptors (Lipinski definition) is 6. The fraction of sp³-hybridized carbons (Fsp3) is 0.333. The summed E-state index contributed by atoms with van der Waals surface area (Å²) in [4.78, 5) is 14.4. The summed E-state index contributed by atoms with van der Waals surface area (Å²) >= 11 is 0. The minimum atomic E-state index is -0.153. The van der Waals surface area contributed by atoms with Gasteiger partial charge in [-0.05, 0) is 48.4 Å². The number of tetrazole rings is 1. The number of anilines is 1. The first-order valence-electron chi connectivity index (χ1n) is 8.66. The lowest BCUT2D eigenvalue weighted by Crippen LogP contribution is -2.45. The molecule has 26 heavy (non-hydrogen) atoms. The van der Waals surface area contributed by atoms with Crippen molar-refractivity contribution in [3.63, 3.8) is 0 Å². The van der Waals surface area contributed by atoms with Crippen LogP contribution in [0.1, 0.15) is 29.0 Å². The van der Waals surface area contributed by atoms with Gasteiger partial charge in [-0.3, -0.25) is 4.79 Å². The summed E-state index contributed by atoms with van der Waals surface area (Å²) < 4.78 is 7.00. The summed E-state index contributed by atoms with van der Waals surface area (Å²) in [6.07, 6.45) is 3.19. The molecule has 8 nitrogen and oxygen atoms in total. The highest BCUT2D eigenvalue weighted by molar-refractivity contribution is 5.93. The molecule has 2 aromatic heterocycles. The van der Waals surface area contributed by atoms with Gasteiger partial charge in [0.05, 0.1) is 12.0 Å². The fourth-order valence-corrected chi connectivity index (χ4v) is 3.20. The molecule has 0 aliphatic carbocycles. The van der Waals surface area contributed by atoms with Gasteiger partial charge >= 0.3 is 0 Å². The molecular formula is C18H20N6O2. The summed E-state index contributed by atoms with van der Waals surface area (Å²) in [7, 11) is 0. The van der Waals surface area contributed by atoms with Crippen molar-refractivity contribution in [2.24, 2.45) is 0 Å². The lowest BCUT2D eigenvalue weighted by molar-refractivity contribution is 0.0902. The van der Waals surface area contributed by atoms with Crippen LogP contribution >= 0.6 is 0 Å². The number of carbonyl (C=O) groups is 1. The molecule has 1 fully saturated rings. The Hall–Kier alpha value is -3.16. The molecule has 0 unspecified atom stereocenters. The number of furan rings is 1. The summed E-state index contributed by atoms with van der Waals surface area (Å²) in [5.74, 6) is 0.961. The second-order valence-corrected chi connectivity index (χ2v) is 6.39. The van der Waals surface area contributed by atoms with Gasteiger partial charge in [-0.15, -0.1) is 0 Å². The Morgan fingerprint density at radius 2 is 1.96 bits per heavy atom. The molecule has 0 spiro atoms.